The molecule has 2 N–H and O–H groups in total. The molecule has 3 rings (SSSR count). The highest BCUT2D eigenvalue weighted by atomic mass is 19.1. The van der Waals surface area contributed by atoms with Gasteiger partial charge in [0.25, 0.3) is 0 Å². The lowest BCUT2D eigenvalue weighted by molar-refractivity contribution is -0.139. The number of halogens is 1. The van der Waals surface area contributed by atoms with Crippen molar-refractivity contribution in [1.82, 2.24) is 20.6 Å². The van der Waals surface area contributed by atoms with Crippen LogP contribution in [0, 0.1) is 23.1 Å². The Bertz CT molecular complexity index is 904. The zero-order chi connectivity index (χ0) is 20.6. The number of carbonyl (C=O) groups excluding carboxylic acids is 2. The Balaban J connectivity index is 1.40. The smallest absolute Gasteiger partial charge is 0.309 e. The molecule has 1 fully saturated rings. The summed E-state index contributed by atoms with van der Waals surface area (Å²) in [6.07, 6.45) is 4.66. The summed E-state index contributed by atoms with van der Waals surface area (Å²) in [5, 5.41) is 14.3. The average molecular weight is 396 g/mol. The fourth-order valence-electron chi connectivity index (χ4n) is 3.17. The van der Waals surface area contributed by atoms with Gasteiger partial charge >= 0.3 is 11.8 Å². The number of rotatable bonds is 5. The molecule has 1 saturated heterocycles. The van der Waals surface area contributed by atoms with Crippen molar-refractivity contribution in [2.24, 2.45) is 5.92 Å². The average Bonchev–Trinajstić information content (AvgIpc) is 2.77. The van der Waals surface area contributed by atoms with Crippen molar-refractivity contribution in [3.05, 3.63) is 53.7 Å². The Morgan fingerprint density at radius 3 is 2.45 bits per heavy atom. The van der Waals surface area contributed by atoms with Gasteiger partial charge in [0, 0.05) is 38.6 Å². The van der Waals surface area contributed by atoms with E-state index in [9.17, 15) is 14.0 Å². The van der Waals surface area contributed by atoms with Gasteiger partial charge in [0.1, 0.15) is 11.9 Å². The summed E-state index contributed by atoms with van der Waals surface area (Å²) in [5.74, 6) is -0.938. The largest absolute Gasteiger partial charge is 0.354 e. The van der Waals surface area contributed by atoms with Crippen LogP contribution >= 0.6 is 0 Å². The number of nitrogens with zero attached hydrogens (tertiary/aromatic N) is 4. The molecule has 1 aromatic carbocycles. The van der Waals surface area contributed by atoms with E-state index in [2.05, 4.69) is 20.6 Å². The van der Waals surface area contributed by atoms with Crippen LogP contribution in [-0.4, -0.2) is 41.4 Å². The molecule has 2 amide bonds. The second-order valence-corrected chi connectivity index (χ2v) is 6.79. The molecule has 29 heavy (non-hydrogen) atoms. The van der Waals surface area contributed by atoms with Crippen molar-refractivity contribution in [3.63, 3.8) is 0 Å². The summed E-state index contributed by atoms with van der Waals surface area (Å²) < 4.78 is 12.9. The van der Waals surface area contributed by atoms with E-state index in [4.69, 9.17) is 5.26 Å². The molecule has 0 unspecified atom stereocenters. The standard InChI is InChI=1S/C20H21FN6O2/c21-16-3-1-14(2-4-16)12-25-19(28)20(29)26-13-15-5-9-27(10-6-15)18-17(11-22)23-7-8-24-18/h1-4,7-8,15H,5-6,9-10,12-13H2,(H,25,28)(H,26,29). The number of piperidine rings is 1. The number of carbonyl (C=O) groups is 2. The van der Waals surface area contributed by atoms with E-state index < -0.39 is 11.8 Å². The van der Waals surface area contributed by atoms with Gasteiger partial charge < -0.3 is 15.5 Å². The molecule has 8 nitrogen and oxygen atoms in total. The van der Waals surface area contributed by atoms with Crippen LogP contribution in [0.5, 0.6) is 0 Å². The van der Waals surface area contributed by atoms with E-state index in [0.29, 0.717) is 36.7 Å². The van der Waals surface area contributed by atoms with Crippen LogP contribution in [0.1, 0.15) is 24.1 Å². The third-order valence-electron chi connectivity index (χ3n) is 4.82. The van der Waals surface area contributed by atoms with Gasteiger partial charge in [0.05, 0.1) is 0 Å². The molecule has 0 atom stereocenters. The molecule has 2 heterocycles. The van der Waals surface area contributed by atoms with Gasteiger partial charge in [0.15, 0.2) is 11.5 Å². The third kappa shape index (κ3) is 5.48. The first kappa shape index (κ1) is 20.2. The Kier molecular flexibility index (Phi) is 6.68. The molecule has 1 aliphatic rings. The van der Waals surface area contributed by atoms with Gasteiger partial charge in [-0.25, -0.2) is 14.4 Å². The third-order valence-corrected chi connectivity index (χ3v) is 4.82. The molecule has 0 spiro atoms. The van der Waals surface area contributed by atoms with Crippen molar-refractivity contribution >= 4 is 17.6 Å². The molecule has 0 aliphatic carbocycles. The molecule has 9 heteroatoms. The molecule has 0 bridgehead atoms. The Morgan fingerprint density at radius 2 is 1.76 bits per heavy atom. The number of amides is 2. The normalized spacial score (nSPS) is 14.1. The monoisotopic (exact) mass is 396 g/mol. The van der Waals surface area contributed by atoms with E-state index in [-0.39, 0.29) is 18.3 Å². The minimum atomic E-state index is -0.718. The summed E-state index contributed by atoms with van der Waals surface area (Å²) in [4.78, 5) is 34.2. The van der Waals surface area contributed by atoms with Gasteiger partial charge in [0.2, 0.25) is 0 Å². The van der Waals surface area contributed by atoms with Gasteiger partial charge in [-0.05, 0) is 36.5 Å². The molecule has 1 aromatic heterocycles. The van der Waals surface area contributed by atoms with Crippen LogP contribution in [-0.2, 0) is 16.1 Å². The Labute approximate surface area is 167 Å². The quantitative estimate of drug-likeness (QED) is 0.733. The van der Waals surface area contributed by atoms with Gasteiger partial charge in [-0.3, -0.25) is 9.59 Å². The summed E-state index contributed by atoms with van der Waals surface area (Å²) >= 11 is 0. The van der Waals surface area contributed by atoms with Crippen molar-refractivity contribution in [3.8, 4) is 6.07 Å². The van der Waals surface area contributed by atoms with Gasteiger partial charge in [-0.15, -0.1) is 0 Å². The number of nitriles is 1. The van der Waals surface area contributed by atoms with E-state index in [1.54, 1.807) is 18.3 Å². The first-order valence-electron chi connectivity index (χ1n) is 9.33. The number of hydrogen-bond donors (Lipinski definition) is 2. The maximum absolute atomic E-state index is 12.9. The van der Waals surface area contributed by atoms with Crippen LogP contribution < -0.4 is 15.5 Å². The molecular formula is C20H21FN6O2. The van der Waals surface area contributed by atoms with Crippen LogP contribution in [0.3, 0.4) is 0 Å². The SMILES string of the molecule is N#Cc1nccnc1N1CCC(CNC(=O)C(=O)NCc2ccc(F)cc2)CC1. The minimum absolute atomic E-state index is 0.157. The van der Waals surface area contributed by atoms with E-state index in [1.807, 2.05) is 11.0 Å². The van der Waals surface area contributed by atoms with Crippen molar-refractivity contribution in [2.45, 2.75) is 19.4 Å². The van der Waals surface area contributed by atoms with Gasteiger partial charge in [-0.1, -0.05) is 12.1 Å². The topological polar surface area (TPSA) is 111 Å². The molecule has 2 aromatic rings. The maximum atomic E-state index is 12.9. The minimum Gasteiger partial charge on any atom is -0.354 e. The highest BCUT2D eigenvalue weighted by Gasteiger charge is 2.23. The zero-order valence-corrected chi connectivity index (χ0v) is 15.8. The lowest BCUT2D eigenvalue weighted by Gasteiger charge is -2.32. The van der Waals surface area contributed by atoms with E-state index in [1.165, 1.54) is 18.3 Å². The van der Waals surface area contributed by atoms with Crippen molar-refractivity contribution in [2.75, 3.05) is 24.5 Å². The van der Waals surface area contributed by atoms with Crippen LogP contribution in [0.15, 0.2) is 36.7 Å². The summed E-state index contributed by atoms with van der Waals surface area (Å²) in [7, 11) is 0. The number of anilines is 1. The molecule has 0 radical (unpaired) electrons. The predicted octanol–water partition coefficient (Wildman–Crippen LogP) is 1.14. The first-order valence-corrected chi connectivity index (χ1v) is 9.33. The number of nitrogens with one attached hydrogen (secondary N) is 2. The molecule has 150 valence electrons. The summed E-state index contributed by atoms with van der Waals surface area (Å²) in [5.41, 5.74) is 1.01. The van der Waals surface area contributed by atoms with Crippen LogP contribution in [0.2, 0.25) is 0 Å². The second-order valence-electron chi connectivity index (χ2n) is 6.79. The lowest BCUT2D eigenvalue weighted by Crippen LogP contribution is -2.44. The predicted molar refractivity (Wildman–Crippen MR) is 103 cm³/mol. The maximum Gasteiger partial charge on any atom is 0.309 e. The lowest BCUT2D eigenvalue weighted by atomic mass is 9.96. The van der Waals surface area contributed by atoms with Crippen LogP contribution in [0.4, 0.5) is 10.2 Å². The van der Waals surface area contributed by atoms with Crippen LogP contribution in [0.25, 0.3) is 0 Å². The second kappa shape index (κ2) is 9.59. The van der Waals surface area contributed by atoms with Gasteiger partial charge in [-0.2, -0.15) is 5.26 Å². The highest BCUT2D eigenvalue weighted by molar-refractivity contribution is 6.35. The van der Waals surface area contributed by atoms with Crippen molar-refractivity contribution in [1.29, 1.82) is 5.26 Å². The Hall–Kier alpha value is -3.54. The number of aromatic nitrogens is 2. The molecule has 0 saturated carbocycles. The summed E-state index contributed by atoms with van der Waals surface area (Å²) in [6, 6.07) is 7.75. The molecular weight excluding hydrogens is 375 g/mol. The van der Waals surface area contributed by atoms with Crippen molar-refractivity contribution < 1.29 is 14.0 Å². The van der Waals surface area contributed by atoms with E-state index in [0.717, 1.165) is 12.8 Å². The number of benzene rings is 1. The highest BCUT2D eigenvalue weighted by Crippen LogP contribution is 2.22. The fourth-order valence-corrected chi connectivity index (χ4v) is 3.17. The zero-order valence-electron chi connectivity index (χ0n) is 15.8. The Morgan fingerprint density at radius 1 is 1.10 bits per heavy atom. The molecule has 1 aliphatic heterocycles. The first-order chi connectivity index (χ1) is 14.1. The fraction of sp³-hybridized carbons (Fsp3) is 0.350. The number of hydrogen-bond acceptors (Lipinski definition) is 6. The summed E-state index contributed by atoms with van der Waals surface area (Å²) in [6.45, 7) is 1.96. The van der Waals surface area contributed by atoms with E-state index >= 15 is 0 Å².